The van der Waals surface area contributed by atoms with E-state index in [4.69, 9.17) is 5.73 Å². The van der Waals surface area contributed by atoms with Crippen LogP contribution < -0.4 is 5.73 Å². The van der Waals surface area contributed by atoms with Gasteiger partial charge in [0, 0.05) is 13.1 Å². The number of sulfonamides is 1. The molecule has 1 atom stereocenters. The van der Waals surface area contributed by atoms with Crippen molar-refractivity contribution in [2.24, 2.45) is 11.7 Å². The Morgan fingerprint density at radius 2 is 2.24 bits per heavy atom. The molecule has 1 amide bonds. The Bertz CT molecular complexity index is 655. The largest absolute Gasteiger partial charge is 0.464 e. The van der Waals surface area contributed by atoms with Crippen LogP contribution in [0.1, 0.15) is 23.3 Å². The summed E-state index contributed by atoms with van der Waals surface area (Å²) in [7, 11) is -2.74. The van der Waals surface area contributed by atoms with Gasteiger partial charge in [-0.15, -0.1) is 11.3 Å². The molecule has 1 saturated heterocycles. The lowest BCUT2D eigenvalue weighted by Crippen LogP contribution is -2.44. The highest BCUT2D eigenvalue weighted by Gasteiger charge is 2.36. The second-order valence-corrected chi connectivity index (χ2v) is 7.57. The highest BCUT2D eigenvalue weighted by atomic mass is 32.2. The first-order chi connectivity index (χ1) is 9.87. The van der Waals surface area contributed by atoms with E-state index in [1.54, 1.807) is 0 Å². The highest BCUT2D eigenvalue weighted by molar-refractivity contribution is 7.91. The Morgan fingerprint density at radius 1 is 1.52 bits per heavy atom. The van der Waals surface area contributed by atoms with Crippen LogP contribution in [0.5, 0.6) is 0 Å². The number of methoxy groups -OCH3 is 1. The smallest absolute Gasteiger partial charge is 0.358 e. The summed E-state index contributed by atoms with van der Waals surface area (Å²) in [5.74, 6) is -1.84. The van der Waals surface area contributed by atoms with Gasteiger partial charge in [0.2, 0.25) is 5.91 Å². The van der Waals surface area contributed by atoms with Gasteiger partial charge in [-0.3, -0.25) is 4.79 Å². The minimum absolute atomic E-state index is 0.0240. The lowest BCUT2D eigenvalue weighted by molar-refractivity contribution is -0.122. The Kier molecular flexibility index (Phi) is 4.59. The van der Waals surface area contributed by atoms with E-state index >= 15 is 0 Å². The summed E-state index contributed by atoms with van der Waals surface area (Å²) in [5, 5.41) is 0. The number of primary amides is 1. The molecule has 1 aliphatic rings. The molecule has 0 saturated carbocycles. The van der Waals surface area contributed by atoms with E-state index < -0.39 is 27.8 Å². The Morgan fingerprint density at radius 3 is 2.86 bits per heavy atom. The number of amides is 1. The van der Waals surface area contributed by atoms with E-state index in [1.165, 1.54) is 9.82 Å². The van der Waals surface area contributed by atoms with Crippen molar-refractivity contribution in [1.29, 1.82) is 0 Å². The van der Waals surface area contributed by atoms with Crippen LogP contribution in [-0.2, 0) is 19.6 Å². The van der Waals surface area contributed by atoms with Crippen molar-refractivity contribution in [2.45, 2.75) is 17.1 Å². The Hall–Kier alpha value is -1.52. The molecule has 2 rings (SSSR count). The predicted octanol–water partition coefficient (Wildman–Crippen LogP) is -0.184. The standard InChI is InChI=1S/C11H15N3O5S2/c1-19-10(16)8-11(20-6-13-8)21(17,18)14-4-2-3-7(5-14)9(12)15/h6-7H,2-5H2,1H3,(H2,12,15). The first-order valence-corrected chi connectivity index (χ1v) is 8.51. The summed E-state index contributed by atoms with van der Waals surface area (Å²) >= 11 is 0.846. The normalized spacial score (nSPS) is 20.1. The fraction of sp³-hybridized carbons (Fsp3) is 0.545. The Labute approximate surface area is 126 Å². The number of hydrogen-bond acceptors (Lipinski definition) is 7. The zero-order chi connectivity index (χ0) is 15.6. The van der Waals surface area contributed by atoms with Crippen molar-refractivity contribution in [3.05, 3.63) is 11.2 Å². The molecule has 21 heavy (non-hydrogen) atoms. The number of esters is 1. The molecule has 116 valence electrons. The average Bonchev–Trinajstić information content (AvgIpc) is 2.96. The second-order valence-electron chi connectivity index (χ2n) is 4.58. The van der Waals surface area contributed by atoms with Crippen LogP contribution in [0.2, 0.25) is 0 Å². The first kappa shape index (κ1) is 15.9. The highest BCUT2D eigenvalue weighted by Crippen LogP contribution is 2.28. The molecular formula is C11H15N3O5S2. The topological polar surface area (TPSA) is 120 Å². The van der Waals surface area contributed by atoms with Gasteiger partial charge < -0.3 is 10.5 Å². The van der Waals surface area contributed by atoms with Crippen LogP contribution in [0.25, 0.3) is 0 Å². The van der Waals surface area contributed by atoms with Gasteiger partial charge >= 0.3 is 5.97 Å². The molecule has 0 spiro atoms. The first-order valence-electron chi connectivity index (χ1n) is 6.19. The summed E-state index contributed by atoms with van der Waals surface area (Å²) < 4.78 is 30.7. The van der Waals surface area contributed by atoms with E-state index in [9.17, 15) is 18.0 Å². The number of nitrogens with two attached hydrogens (primary N) is 1. The van der Waals surface area contributed by atoms with Crippen molar-refractivity contribution < 1.29 is 22.7 Å². The summed E-state index contributed by atoms with van der Waals surface area (Å²) in [4.78, 5) is 26.6. The SMILES string of the molecule is COC(=O)c1ncsc1S(=O)(=O)N1CCCC(C(N)=O)C1. The van der Waals surface area contributed by atoms with Crippen molar-refractivity contribution in [3.63, 3.8) is 0 Å². The molecule has 1 aromatic heterocycles. The van der Waals surface area contributed by atoms with Gasteiger partial charge in [0.25, 0.3) is 10.0 Å². The van der Waals surface area contributed by atoms with E-state index in [0.717, 1.165) is 18.4 Å². The number of thiazole rings is 1. The van der Waals surface area contributed by atoms with Gasteiger partial charge in [-0.25, -0.2) is 18.2 Å². The predicted molar refractivity (Wildman–Crippen MR) is 74.1 cm³/mol. The van der Waals surface area contributed by atoms with Gasteiger partial charge in [-0.05, 0) is 12.8 Å². The lowest BCUT2D eigenvalue weighted by atomic mass is 9.99. The number of carbonyl (C=O) groups is 2. The average molecular weight is 333 g/mol. The van der Waals surface area contributed by atoms with Crippen LogP contribution >= 0.6 is 11.3 Å². The van der Waals surface area contributed by atoms with Crippen LogP contribution in [-0.4, -0.2) is 49.8 Å². The number of aromatic nitrogens is 1. The number of carbonyl (C=O) groups excluding carboxylic acids is 2. The molecule has 2 heterocycles. The fourth-order valence-corrected chi connectivity index (χ4v) is 4.96. The summed E-state index contributed by atoms with van der Waals surface area (Å²) in [5.41, 5.74) is 6.29. The van der Waals surface area contributed by atoms with Crippen molar-refractivity contribution >= 4 is 33.2 Å². The van der Waals surface area contributed by atoms with Crippen molar-refractivity contribution in [3.8, 4) is 0 Å². The van der Waals surface area contributed by atoms with E-state index in [0.29, 0.717) is 12.8 Å². The molecule has 0 aliphatic carbocycles. The third-order valence-corrected chi connectivity index (χ3v) is 6.49. The molecule has 0 bridgehead atoms. The maximum Gasteiger partial charge on any atom is 0.358 e. The van der Waals surface area contributed by atoms with Gasteiger partial charge in [0.05, 0.1) is 18.5 Å². The van der Waals surface area contributed by atoms with Crippen molar-refractivity contribution in [2.75, 3.05) is 20.2 Å². The maximum atomic E-state index is 12.6. The van der Waals surface area contributed by atoms with Crippen LogP contribution in [0.15, 0.2) is 9.72 Å². The molecule has 1 fully saturated rings. The van der Waals surface area contributed by atoms with Gasteiger partial charge in [0.1, 0.15) is 0 Å². The van der Waals surface area contributed by atoms with Gasteiger partial charge in [0.15, 0.2) is 9.90 Å². The molecule has 10 heteroatoms. The number of nitrogens with zero attached hydrogens (tertiary/aromatic N) is 2. The molecular weight excluding hydrogens is 318 g/mol. The summed E-state index contributed by atoms with van der Waals surface area (Å²) in [6, 6.07) is 0. The van der Waals surface area contributed by atoms with Crippen molar-refractivity contribution in [1.82, 2.24) is 9.29 Å². The minimum atomic E-state index is -3.89. The molecule has 1 unspecified atom stereocenters. The third-order valence-electron chi connectivity index (χ3n) is 3.27. The zero-order valence-electron chi connectivity index (χ0n) is 11.3. The van der Waals surface area contributed by atoms with E-state index in [-0.39, 0.29) is 23.0 Å². The van der Waals surface area contributed by atoms with Crippen LogP contribution in [0.4, 0.5) is 0 Å². The molecule has 2 N–H and O–H groups in total. The number of ether oxygens (including phenoxy) is 1. The second kappa shape index (κ2) is 6.08. The quantitative estimate of drug-likeness (QED) is 0.763. The molecule has 0 radical (unpaired) electrons. The molecule has 1 aromatic rings. The summed E-state index contributed by atoms with van der Waals surface area (Å²) in [6.45, 7) is 0.306. The lowest BCUT2D eigenvalue weighted by Gasteiger charge is -2.29. The Balaban J connectivity index is 2.32. The van der Waals surface area contributed by atoms with Gasteiger partial charge in [-0.1, -0.05) is 0 Å². The van der Waals surface area contributed by atoms with Crippen LogP contribution in [0, 0.1) is 5.92 Å². The molecule has 1 aliphatic heterocycles. The zero-order valence-corrected chi connectivity index (χ0v) is 12.9. The minimum Gasteiger partial charge on any atom is -0.464 e. The summed E-state index contributed by atoms with van der Waals surface area (Å²) in [6.07, 6.45) is 1.10. The number of piperidine rings is 1. The molecule has 0 aromatic carbocycles. The van der Waals surface area contributed by atoms with Crippen LogP contribution in [0.3, 0.4) is 0 Å². The third kappa shape index (κ3) is 3.06. The van der Waals surface area contributed by atoms with Gasteiger partial charge in [-0.2, -0.15) is 4.31 Å². The maximum absolute atomic E-state index is 12.6. The van der Waals surface area contributed by atoms with E-state index in [1.807, 2.05) is 0 Å². The fourth-order valence-electron chi connectivity index (χ4n) is 2.16. The monoisotopic (exact) mass is 333 g/mol. The number of rotatable bonds is 4. The molecule has 8 nitrogen and oxygen atoms in total. The number of hydrogen-bond donors (Lipinski definition) is 1. The van der Waals surface area contributed by atoms with E-state index in [2.05, 4.69) is 9.72 Å².